The van der Waals surface area contributed by atoms with Gasteiger partial charge in [-0.3, -0.25) is 0 Å². The summed E-state index contributed by atoms with van der Waals surface area (Å²) in [5.74, 6) is 1.05. The van der Waals surface area contributed by atoms with Crippen LogP contribution in [-0.4, -0.2) is 25.4 Å². The normalized spacial score (nSPS) is 12.3. The fraction of sp³-hybridized carbons (Fsp3) is 0.455. The molecular weight excluding hydrogens is 258 g/mol. The van der Waals surface area contributed by atoms with Crippen LogP contribution in [0.2, 0.25) is 0 Å². The predicted octanol–water partition coefficient (Wildman–Crippen LogP) is 2.50. The molecule has 2 N–H and O–H groups in total. The average molecular weight is 274 g/mol. The Labute approximate surface area is 98.6 Å². The molecule has 0 saturated heterocycles. The zero-order chi connectivity index (χ0) is 11.3. The molecule has 0 aliphatic rings. The van der Waals surface area contributed by atoms with E-state index in [1.165, 1.54) is 0 Å². The van der Waals surface area contributed by atoms with E-state index >= 15 is 0 Å². The van der Waals surface area contributed by atoms with E-state index in [0.29, 0.717) is 0 Å². The SMILES string of the molecule is COc1cc(NCC(C)CO)ccc1Br. The van der Waals surface area contributed by atoms with Crippen molar-refractivity contribution in [1.82, 2.24) is 0 Å². The third-order valence-electron chi connectivity index (χ3n) is 2.12. The molecule has 0 bridgehead atoms. The van der Waals surface area contributed by atoms with E-state index in [-0.39, 0.29) is 12.5 Å². The zero-order valence-corrected chi connectivity index (χ0v) is 10.5. The van der Waals surface area contributed by atoms with E-state index in [4.69, 9.17) is 9.84 Å². The Hall–Kier alpha value is -0.740. The first-order valence-corrected chi connectivity index (χ1v) is 5.65. The van der Waals surface area contributed by atoms with E-state index in [2.05, 4.69) is 21.2 Å². The van der Waals surface area contributed by atoms with Crippen LogP contribution in [0.5, 0.6) is 5.75 Å². The molecule has 0 fully saturated rings. The molecule has 1 aromatic rings. The second-order valence-corrected chi connectivity index (χ2v) is 4.37. The molecule has 1 atom stereocenters. The van der Waals surface area contributed by atoms with Gasteiger partial charge in [-0.25, -0.2) is 0 Å². The van der Waals surface area contributed by atoms with Gasteiger partial charge >= 0.3 is 0 Å². The molecule has 1 unspecified atom stereocenters. The lowest BCUT2D eigenvalue weighted by Gasteiger charge is -2.12. The first-order chi connectivity index (χ1) is 7.17. The summed E-state index contributed by atoms with van der Waals surface area (Å²) in [6.07, 6.45) is 0. The van der Waals surface area contributed by atoms with Gasteiger partial charge < -0.3 is 15.2 Å². The van der Waals surface area contributed by atoms with Gasteiger partial charge in [-0.1, -0.05) is 6.92 Å². The quantitative estimate of drug-likeness (QED) is 0.866. The lowest BCUT2D eigenvalue weighted by atomic mass is 10.2. The third kappa shape index (κ3) is 3.72. The molecule has 0 spiro atoms. The second-order valence-electron chi connectivity index (χ2n) is 3.52. The van der Waals surface area contributed by atoms with E-state index < -0.39 is 0 Å². The van der Waals surface area contributed by atoms with E-state index in [1.807, 2.05) is 25.1 Å². The van der Waals surface area contributed by atoms with Crippen molar-refractivity contribution in [2.24, 2.45) is 5.92 Å². The molecule has 0 heterocycles. The van der Waals surface area contributed by atoms with Gasteiger partial charge in [-0.15, -0.1) is 0 Å². The van der Waals surface area contributed by atoms with Crippen molar-refractivity contribution in [3.63, 3.8) is 0 Å². The van der Waals surface area contributed by atoms with Gasteiger partial charge in [0.25, 0.3) is 0 Å². The summed E-state index contributed by atoms with van der Waals surface area (Å²) in [5.41, 5.74) is 0.996. The molecule has 1 aromatic carbocycles. The molecule has 0 radical (unpaired) electrons. The highest BCUT2D eigenvalue weighted by Gasteiger charge is 2.03. The van der Waals surface area contributed by atoms with Crippen LogP contribution in [0.25, 0.3) is 0 Å². The summed E-state index contributed by atoms with van der Waals surface area (Å²) in [5, 5.41) is 12.1. The minimum Gasteiger partial charge on any atom is -0.495 e. The van der Waals surface area contributed by atoms with E-state index in [0.717, 1.165) is 22.5 Å². The Balaban J connectivity index is 2.62. The molecule has 4 heteroatoms. The van der Waals surface area contributed by atoms with Gasteiger partial charge in [0.1, 0.15) is 5.75 Å². The second kappa shape index (κ2) is 5.98. The van der Waals surface area contributed by atoms with Crippen LogP contribution in [-0.2, 0) is 0 Å². The van der Waals surface area contributed by atoms with E-state index in [9.17, 15) is 0 Å². The van der Waals surface area contributed by atoms with Gasteiger partial charge in [0.15, 0.2) is 0 Å². The Morgan fingerprint density at radius 2 is 2.27 bits per heavy atom. The Morgan fingerprint density at radius 1 is 1.53 bits per heavy atom. The molecule has 84 valence electrons. The number of anilines is 1. The van der Waals surface area contributed by atoms with Gasteiger partial charge in [0.2, 0.25) is 0 Å². The number of methoxy groups -OCH3 is 1. The van der Waals surface area contributed by atoms with Crippen molar-refractivity contribution >= 4 is 21.6 Å². The molecule has 15 heavy (non-hydrogen) atoms. The fourth-order valence-electron chi connectivity index (χ4n) is 1.13. The molecule has 0 aromatic heterocycles. The number of ether oxygens (including phenoxy) is 1. The zero-order valence-electron chi connectivity index (χ0n) is 8.96. The Bertz CT molecular complexity index is 317. The maximum Gasteiger partial charge on any atom is 0.135 e. The first-order valence-electron chi connectivity index (χ1n) is 4.85. The maximum absolute atomic E-state index is 8.89. The van der Waals surface area contributed by atoms with Crippen molar-refractivity contribution in [3.05, 3.63) is 22.7 Å². The van der Waals surface area contributed by atoms with Gasteiger partial charge in [-0.05, 0) is 34.0 Å². The van der Waals surface area contributed by atoms with Crippen LogP contribution >= 0.6 is 15.9 Å². The van der Waals surface area contributed by atoms with Gasteiger partial charge in [0, 0.05) is 24.9 Å². The van der Waals surface area contributed by atoms with Crippen LogP contribution in [0.15, 0.2) is 22.7 Å². The number of rotatable bonds is 5. The lowest BCUT2D eigenvalue weighted by Crippen LogP contribution is -2.14. The number of nitrogens with one attached hydrogen (secondary N) is 1. The van der Waals surface area contributed by atoms with Crippen molar-refractivity contribution in [3.8, 4) is 5.75 Å². The lowest BCUT2D eigenvalue weighted by molar-refractivity contribution is 0.244. The van der Waals surface area contributed by atoms with Crippen molar-refractivity contribution in [2.45, 2.75) is 6.92 Å². The van der Waals surface area contributed by atoms with Crippen molar-refractivity contribution in [2.75, 3.05) is 25.6 Å². The molecule has 1 rings (SSSR count). The minimum absolute atomic E-state index is 0.195. The number of hydrogen-bond donors (Lipinski definition) is 2. The highest BCUT2D eigenvalue weighted by atomic mass is 79.9. The average Bonchev–Trinajstić information content (AvgIpc) is 2.27. The number of halogens is 1. The van der Waals surface area contributed by atoms with Crippen molar-refractivity contribution < 1.29 is 9.84 Å². The molecule has 0 amide bonds. The van der Waals surface area contributed by atoms with Crippen LogP contribution in [0.1, 0.15) is 6.92 Å². The highest BCUT2D eigenvalue weighted by Crippen LogP contribution is 2.27. The molecule has 0 saturated carbocycles. The predicted molar refractivity (Wildman–Crippen MR) is 65.4 cm³/mol. The third-order valence-corrected chi connectivity index (χ3v) is 2.77. The Kier molecular flexibility index (Phi) is 4.91. The molecule has 0 aliphatic heterocycles. The standard InChI is InChI=1S/C11H16BrNO2/c1-8(7-14)6-13-9-3-4-10(12)11(5-9)15-2/h3-5,8,13-14H,6-7H2,1-2H3. The number of hydrogen-bond acceptors (Lipinski definition) is 3. The minimum atomic E-state index is 0.195. The monoisotopic (exact) mass is 273 g/mol. The number of benzene rings is 1. The summed E-state index contributed by atoms with van der Waals surface area (Å²) in [4.78, 5) is 0. The van der Waals surface area contributed by atoms with Gasteiger partial charge in [0.05, 0.1) is 11.6 Å². The van der Waals surface area contributed by atoms with Crippen LogP contribution in [0.3, 0.4) is 0 Å². The van der Waals surface area contributed by atoms with Crippen LogP contribution in [0.4, 0.5) is 5.69 Å². The summed E-state index contributed by atoms with van der Waals surface area (Å²) in [6, 6.07) is 5.83. The highest BCUT2D eigenvalue weighted by molar-refractivity contribution is 9.10. The largest absolute Gasteiger partial charge is 0.495 e. The molecular formula is C11H16BrNO2. The molecule has 3 nitrogen and oxygen atoms in total. The summed E-state index contributed by atoms with van der Waals surface area (Å²) in [6.45, 7) is 2.94. The summed E-state index contributed by atoms with van der Waals surface area (Å²) in [7, 11) is 1.64. The van der Waals surface area contributed by atoms with Crippen LogP contribution in [0, 0.1) is 5.92 Å². The fourth-order valence-corrected chi connectivity index (χ4v) is 1.53. The van der Waals surface area contributed by atoms with E-state index in [1.54, 1.807) is 7.11 Å². The topological polar surface area (TPSA) is 41.5 Å². The number of aliphatic hydroxyl groups is 1. The van der Waals surface area contributed by atoms with Crippen molar-refractivity contribution in [1.29, 1.82) is 0 Å². The first kappa shape index (κ1) is 12.3. The Morgan fingerprint density at radius 3 is 2.87 bits per heavy atom. The smallest absolute Gasteiger partial charge is 0.135 e. The molecule has 0 aliphatic carbocycles. The summed E-state index contributed by atoms with van der Waals surface area (Å²) < 4.78 is 6.12. The maximum atomic E-state index is 8.89. The summed E-state index contributed by atoms with van der Waals surface area (Å²) >= 11 is 3.39. The van der Waals surface area contributed by atoms with Crippen LogP contribution < -0.4 is 10.1 Å². The van der Waals surface area contributed by atoms with Gasteiger partial charge in [-0.2, -0.15) is 0 Å². The number of aliphatic hydroxyl groups excluding tert-OH is 1.